The average Bonchev–Trinajstić information content (AvgIpc) is 3.19. The van der Waals surface area contributed by atoms with Crippen molar-refractivity contribution in [2.45, 2.75) is 20.6 Å². The van der Waals surface area contributed by atoms with Crippen LogP contribution in [0.2, 0.25) is 0 Å². The molecule has 0 amide bonds. The van der Waals surface area contributed by atoms with Gasteiger partial charge in [0.25, 0.3) is 0 Å². The molecule has 0 atom stereocenters. The molecule has 0 aliphatic heterocycles. The van der Waals surface area contributed by atoms with Crippen molar-refractivity contribution in [3.63, 3.8) is 0 Å². The smallest absolute Gasteiger partial charge is 0.200 e. The first-order chi connectivity index (χ1) is 24.7. The summed E-state index contributed by atoms with van der Waals surface area (Å²) in [7, 11) is 0. The molecule has 0 spiro atoms. The van der Waals surface area contributed by atoms with E-state index in [9.17, 15) is 0 Å². The van der Waals surface area contributed by atoms with Gasteiger partial charge in [0.2, 0.25) is 0 Å². The van der Waals surface area contributed by atoms with E-state index in [2.05, 4.69) is 0 Å². The molecule has 8 aromatic rings. The standard InChI is InChI=1S/C39H25N9S2/c1-6-16-26(17-7-1)31-40-32(27-18-8-2-9-19-27)43-36(42-31)49-38-46-35(30-24-14-5-15-25-30)47-39(48-38)50-37-44-33(28-20-10-3-11-21-28)41-34(45-37)29-22-12-4-13-23-29/h1-25H. The maximum atomic E-state index is 4.86. The zero-order valence-electron chi connectivity index (χ0n) is 26.3. The van der Waals surface area contributed by atoms with Crippen LogP contribution < -0.4 is 0 Å². The predicted molar refractivity (Wildman–Crippen MR) is 195 cm³/mol. The Morgan fingerprint density at radius 3 is 0.660 bits per heavy atom. The van der Waals surface area contributed by atoms with Gasteiger partial charge in [-0.2, -0.15) is 4.98 Å². The Balaban J connectivity index is 1.21. The van der Waals surface area contributed by atoms with Crippen LogP contribution in [0.15, 0.2) is 172 Å². The third kappa shape index (κ3) is 7.29. The largest absolute Gasteiger partial charge is 0.208 e. The molecule has 0 saturated carbocycles. The van der Waals surface area contributed by atoms with Gasteiger partial charge in [0.1, 0.15) is 0 Å². The Bertz CT molecular complexity index is 2110. The molecule has 0 aliphatic rings. The van der Waals surface area contributed by atoms with Crippen LogP contribution in [0.4, 0.5) is 0 Å². The van der Waals surface area contributed by atoms with E-state index < -0.39 is 0 Å². The van der Waals surface area contributed by atoms with E-state index in [1.54, 1.807) is 0 Å². The predicted octanol–water partition coefficient (Wildman–Crippen LogP) is 8.88. The molecule has 11 heteroatoms. The van der Waals surface area contributed by atoms with E-state index in [0.717, 1.165) is 27.8 Å². The Morgan fingerprint density at radius 2 is 0.420 bits per heavy atom. The molecule has 9 nitrogen and oxygen atoms in total. The third-order valence-corrected chi connectivity index (χ3v) is 8.81. The SMILES string of the molecule is c1ccc(-c2nc(Sc3nc(-c4ccccc4)nc(-c4ccccc4)n3)nc(Sc3nc(-c4ccccc4)nc(-c4ccccc4)n3)n2)cc1. The van der Waals surface area contributed by atoms with E-state index in [-0.39, 0.29) is 0 Å². The molecule has 0 fully saturated rings. The second kappa shape index (κ2) is 14.5. The van der Waals surface area contributed by atoms with Crippen LogP contribution in [0.3, 0.4) is 0 Å². The minimum absolute atomic E-state index is 0.422. The number of benzene rings is 5. The Hall–Kier alpha value is -6.17. The molecule has 3 heterocycles. The highest BCUT2D eigenvalue weighted by molar-refractivity contribution is 7.99. The number of rotatable bonds is 9. The molecule has 0 bridgehead atoms. The molecule has 0 aliphatic carbocycles. The lowest BCUT2D eigenvalue weighted by atomic mass is 10.2. The molecule has 238 valence electrons. The Morgan fingerprint density at radius 1 is 0.220 bits per heavy atom. The van der Waals surface area contributed by atoms with Crippen LogP contribution in [0.5, 0.6) is 0 Å². The molecule has 50 heavy (non-hydrogen) atoms. The minimum atomic E-state index is 0.422. The highest BCUT2D eigenvalue weighted by Gasteiger charge is 2.18. The van der Waals surface area contributed by atoms with Gasteiger partial charge in [-0.1, -0.05) is 152 Å². The van der Waals surface area contributed by atoms with Crippen molar-refractivity contribution < 1.29 is 0 Å². The zero-order valence-corrected chi connectivity index (χ0v) is 27.9. The molecule has 5 aromatic carbocycles. The summed E-state index contributed by atoms with van der Waals surface area (Å²) in [4.78, 5) is 43.5. The number of hydrogen-bond acceptors (Lipinski definition) is 11. The first-order valence-corrected chi connectivity index (χ1v) is 17.3. The van der Waals surface area contributed by atoms with Gasteiger partial charge in [0, 0.05) is 27.8 Å². The van der Waals surface area contributed by atoms with Crippen LogP contribution in [-0.2, 0) is 0 Å². The van der Waals surface area contributed by atoms with Gasteiger partial charge in [-0.05, 0) is 23.5 Å². The fourth-order valence-corrected chi connectivity index (χ4v) is 6.42. The summed E-state index contributed by atoms with van der Waals surface area (Å²) in [5.74, 6) is 2.73. The summed E-state index contributed by atoms with van der Waals surface area (Å²) >= 11 is 2.50. The topological polar surface area (TPSA) is 116 Å². The number of hydrogen-bond donors (Lipinski definition) is 0. The maximum absolute atomic E-state index is 4.86. The summed E-state index contributed by atoms with van der Waals surface area (Å²) in [5, 5.41) is 1.76. The van der Waals surface area contributed by atoms with Crippen LogP contribution in [0, 0.1) is 0 Å². The second-order valence-corrected chi connectivity index (χ2v) is 12.7. The molecular weight excluding hydrogens is 659 g/mol. The maximum Gasteiger partial charge on any atom is 0.200 e. The van der Waals surface area contributed by atoms with Crippen LogP contribution in [0.25, 0.3) is 56.9 Å². The van der Waals surface area contributed by atoms with Crippen LogP contribution >= 0.6 is 23.5 Å². The monoisotopic (exact) mass is 683 g/mol. The van der Waals surface area contributed by atoms with Crippen molar-refractivity contribution in [3.05, 3.63) is 152 Å². The highest BCUT2D eigenvalue weighted by atomic mass is 32.2. The van der Waals surface area contributed by atoms with Crippen molar-refractivity contribution in [2.24, 2.45) is 0 Å². The first kappa shape index (κ1) is 31.1. The van der Waals surface area contributed by atoms with Gasteiger partial charge in [-0.15, -0.1) is 0 Å². The van der Waals surface area contributed by atoms with Gasteiger partial charge < -0.3 is 0 Å². The fourth-order valence-electron chi connectivity index (χ4n) is 4.98. The molecule has 0 N–H and O–H groups in total. The second-order valence-electron chi connectivity index (χ2n) is 10.8. The summed E-state index contributed by atoms with van der Waals surface area (Å²) < 4.78 is 0. The minimum Gasteiger partial charge on any atom is -0.208 e. The van der Waals surface area contributed by atoms with E-state index in [1.807, 2.05) is 152 Å². The summed E-state index contributed by atoms with van der Waals surface area (Å²) in [6.45, 7) is 0. The van der Waals surface area contributed by atoms with E-state index in [0.29, 0.717) is 49.7 Å². The van der Waals surface area contributed by atoms with Crippen molar-refractivity contribution in [3.8, 4) is 56.9 Å². The van der Waals surface area contributed by atoms with Gasteiger partial charge in [-0.3, -0.25) is 0 Å². The van der Waals surface area contributed by atoms with Gasteiger partial charge in [0.15, 0.2) is 49.7 Å². The van der Waals surface area contributed by atoms with Crippen molar-refractivity contribution >= 4 is 23.5 Å². The molecule has 3 aromatic heterocycles. The summed E-state index contributed by atoms with van der Waals surface area (Å²) in [5.41, 5.74) is 4.36. The lowest BCUT2D eigenvalue weighted by Gasteiger charge is -2.10. The number of aromatic nitrogens is 9. The van der Waals surface area contributed by atoms with E-state index in [1.165, 1.54) is 23.5 Å². The molecule has 0 unspecified atom stereocenters. The van der Waals surface area contributed by atoms with Gasteiger partial charge in [0.05, 0.1) is 0 Å². The normalized spacial score (nSPS) is 11.0. The highest BCUT2D eigenvalue weighted by Crippen LogP contribution is 2.32. The van der Waals surface area contributed by atoms with Crippen LogP contribution in [-0.4, -0.2) is 44.9 Å². The van der Waals surface area contributed by atoms with Crippen molar-refractivity contribution in [1.82, 2.24) is 44.9 Å². The van der Waals surface area contributed by atoms with Crippen molar-refractivity contribution in [1.29, 1.82) is 0 Å². The van der Waals surface area contributed by atoms with E-state index in [4.69, 9.17) is 44.9 Å². The molecule has 8 rings (SSSR count). The fraction of sp³-hybridized carbons (Fsp3) is 0. The van der Waals surface area contributed by atoms with Crippen molar-refractivity contribution in [2.75, 3.05) is 0 Å². The lowest BCUT2D eigenvalue weighted by Crippen LogP contribution is -2.03. The van der Waals surface area contributed by atoms with Gasteiger partial charge in [-0.25, -0.2) is 39.9 Å². The molecule has 0 saturated heterocycles. The first-order valence-electron chi connectivity index (χ1n) is 15.6. The molecular formula is C39H25N9S2. The molecule has 0 radical (unpaired) electrons. The quantitative estimate of drug-likeness (QED) is 0.145. The summed E-state index contributed by atoms with van der Waals surface area (Å²) in [6, 6.07) is 49.2. The Kier molecular flexibility index (Phi) is 9.04. The zero-order chi connectivity index (χ0) is 33.5. The third-order valence-electron chi connectivity index (χ3n) is 7.35. The lowest BCUT2D eigenvalue weighted by molar-refractivity contribution is 0.798. The Labute approximate surface area is 296 Å². The van der Waals surface area contributed by atoms with Gasteiger partial charge >= 0.3 is 0 Å². The van der Waals surface area contributed by atoms with Crippen LogP contribution in [0.1, 0.15) is 0 Å². The average molecular weight is 684 g/mol. The number of nitrogens with zero attached hydrogens (tertiary/aromatic N) is 9. The summed E-state index contributed by atoms with van der Waals surface area (Å²) in [6.07, 6.45) is 0. The van der Waals surface area contributed by atoms with E-state index >= 15 is 0 Å².